The Morgan fingerprint density at radius 2 is 1.94 bits per heavy atom. The average Bonchev–Trinajstić information content (AvgIpc) is 2.27. The molecule has 1 aromatic carbocycles. The number of carbonyl (C=O) groups excluding carboxylic acids is 1. The van der Waals surface area contributed by atoms with Crippen LogP contribution < -0.4 is 5.73 Å². The molecular weight excluding hydrogens is 219 g/mol. The molecular formula is C11H12F3NO. The Morgan fingerprint density at radius 3 is 2.44 bits per heavy atom. The fourth-order valence-electron chi connectivity index (χ4n) is 1.40. The SMILES string of the molecule is CCC(CN)C(=O)c1ccc(F)c(F)c1F. The monoisotopic (exact) mass is 231 g/mol. The quantitative estimate of drug-likeness (QED) is 0.638. The molecule has 0 heterocycles. The van der Waals surface area contributed by atoms with Crippen LogP contribution in [0, 0.1) is 23.4 Å². The molecule has 2 N–H and O–H groups in total. The van der Waals surface area contributed by atoms with Crippen molar-refractivity contribution in [3.63, 3.8) is 0 Å². The van der Waals surface area contributed by atoms with Gasteiger partial charge in [-0.1, -0.05) is 6.92 Å². The van der Waals surface area contributed by atoms with Gasteiger partial charge in [-0.3, -0.25) is 4.79 Å². The Labute approximate surface area is 91.3 Å². The fraction of sp³-hybridized carbons (Fsp3) is 0.364. The molecule has 0 aliphatic heterocycles. The summed E-state index contributed by atoms with van der Waals surface area (Å²) in [5.41, 5.74) is 4.88. The van der Waals surface area contributed by atoms with Crippen molar-refractivity contribution in [2.75, 3.05) is 6.54 Å². The number of benzene rings is 1. The summed E-state index contributed by atoms with van der Waals surface area (Å²) in [6.07, 6.45) is 0.424. The van der Waals surface area contributed by atoms with Gasteiger partial charge >= 0.3 is 0 Å². The van der Waals surface area contributed by atoms with Crippen LogP contribution in [0.4, 0.5) is 13.2 Å². The highest BCUT2D eigenvalue weighted by Crippen LogP contribution is 2.19. The van der Waals surface area contributed by atoms with E-state index in [1.807, 2.05) is 0 Å². The van der Waals surface area contributed by atoms with Gasteiger partial charge in [0.2, 0.25) is 0 Å². The third-order valence-electron chi connectivity index (χ3n) is 2.45. The summed E-state index contributed by atoms with van der Waals surface area (Å²) >= 11 is 0. The molecule has 16 heavy (non-hydrogen) atoms. The van der Waals surface area contributed by atoms with Gasteiger partial charge in [-0.05, 0) is 18.6 Å². The van der Waals surface area contributed by atoms with Crippen LogP contribution in [0.25, 0.3) is 0 Å². The number of hydrogen-bond donors (Lipinski definition) is 1. The molecule has 0 saturated heterocycles. The number of halogens is 3. The second kappa shape index (κ2) is 5.12. The Kier molecular flexibility index (Phi) is 4.06. The van der Waals surface area contributed by atoms with E-state index in [-0.39, 0.29) is 6.54 Å². The van der Waals surface area contributed by atoms with Crippen molar-refractivity contribution in [1.29, 1.82) is 0 Å². The zero-order valence-electron chi connectivity index (χ0n) is 8.77. The van der Waals surface area contributed by atoms with E-state index in [2.05, 4.69) is 0 Å². The lowest BCUT2D eigenvalue weighted by molar-refractivity contribution is 0.0916. The van der Waals surface area contributed by atoms with Crippen molar-refractivity contribution >= 4 is 5.78 Å². The summed E-state index contributed by atoms with van der Waals surface area (Å²) in [4.78, 5) is 11.7. The molecule has 88 valence electrons. The zero-order chi connectivity index (χ0) is 12.3. The minimum Gasteiger partial charge on any atom is -0.330 e. The van der Waals surface area contributed by atoms with Gasteiger partial charge in [0.05, 0.1) is 5.56 Å². The number of hydrogen-bond acceptors (Lipinski definition) is 2. The molecule has 1 aromatic rings. The molecule has 0 saturated carbocycles. The molecule has 0 aliphatic rings. The lowest BCUT2D eigenvalue weighted by Crippen LogP contribution is -2.24. The molecule has 0 bridgehead atoms. The maximum absolute atomic E-state index is 13.3. The van der Waals surface area contributed by atoms with E-state index in [9.17, 15) is 18.0 Å². The number of nitrogens with two attached hydrogens (primary N) is 1. The van der Waals surface area contributed by atoms with E-state index in [4.69, 9.17) is 5.73 Å². The van der Waals surface area contributed by atoms with E-state index in [0.29, 0.717) is 6.42 Å². The molecule has 0 fully saturated rings. The van der Waals surface area contributed by atoms with Crippen molar-refractivity contribution in [1.82, 2.24) is 0 Å². The summed E-state index contributed by atoms with van der Waals surface area (Å²) in [6.45, 7) is 1.76. The van der Waals surface area contributed by atoms with Crippen molar-refractivity contribution in [3.05, 3.63) is 35.1 Å². The minimum absolute atomic E-state index is 0.0494. The summed E-state index contributed by atoms with van der Waals surface area (Å²) in [7, 11) is 0. The summed E-state index contributed by atoms with van der Waals surface area (Å²) in [6, 6.07) is 1.67. The lowest BCUT2D eigenvalue weighted by atomic mass is 9.95. The predicted octanol–water partition coefficient (Wildman–Crippen LogP) is 2.27. The summed E-state index contributed by atoms with van der Waals surface area (Å²) < 4.78 is 38.8. The number of ketones is 1. The molecule has 1 atom stereocenters. The van der Waals surface area contributed by atoms with Crippen LogP contribution in [-0.2, 0) is 0 Å². The maximum atomic E-state index is 13.3. The van der Waals surface area contributed by atoms with Crippen LogP contribution in [-0.4, -0.2) is 12.3 Å². The minimum atomic E-state index is -1.63. The largest absolute Gasteiger partial charge is 0.330 e. The first kappa shape index (κ1) is 12.7. The highest BCUT2D eigenvalue weighted by Gasteiger charge is 2.23. The standard InChI is InChI=1S/C11H12F3NO/c1-2-6(5-15)11(16)7-3-4-8(12)10(14)9(7)13/h3-4,6H,2,5,15H2,1H3. The third kappa shape index (κ3) is 2.24. The van der Waals surface area contributed by atoms with Gasteiger partial charge in [-0.25, -0.2) is 13.2 Å². The Balaban J connectivity index is 3.14. The molecule has 2 nitrogen and oxygen atoms in total. The van der Waals surface area contributed by atoms with Crippen molar-refractivity contribution < 1.29 is 18.0 Å². The zero-order valence-corrected chi connectivity index (χ0v) is 8.77. The molecule has 1 unspecified atom stereocenters. The molecule has 0 aromatic heterocycles. The molecule has 5 heteroatoms. The van der Waals surface area contributed by atoms with E-state index in [1.54, 1.807) is 6.92 Å². The molecule has 0 radical (unpaired) electrons. The highest BCUT2D eigenvalue weighted by molar-refractivity contribution is 5.98. The molecule has 0 aliphatic carbocycles. The highest BCUT2D eigenvalue weighted by atomic mass is 19.2. The normalized spacial score (nSPS) is 12.6. The molecule has 1 rings (SSSR count). The smallest absolute Gasteiger partial charge is 0.195 e. The van der Waals surface area contributed by atoms with E-state index < -0.39 is 34.7 Å². The van der Waals surface area contributed by atoms with Gasteiger partial charge in [0.1, 0.15) is 0 Å². The van der Waals surface area contributed by atoms with Crippen LogP contribution in [0.15, 0.2) is 12.1 Å². The maximum Gasteiger partial charge on any atom is 0.195 e. The molecule has 0 spiro atoms. The van der Waals surface area contributed by atoms with Crippen LogP contribution in [0.5, 0.6) is 0 Å². The Morgan fingerprint density at radius 1 is 1.31 bits per heavy atom. The van der Waals surface area contributed by atoms with Crippen LogP contribution in [0.1, 0.15) is 23.7 Å². The van der Waals surface area contributed by atoms with Crippen molar-refractivity contribution in [3.8, 4) is 0 Å². The topological polar surface area (TPSA) is 43.1 Å². The third-order valence-corrected chi connectivity index (χ3v) is 2.45. The van der Waals surface area contributed by atoms with Gasteiger partial charge in [0, 0.05) is 12.5 Å². The number of rotatable bonds is 4. The van der Waals surface area contributed by atoms with Gasteiger partial charge in [-0.2, -0.15) is 0 Å². The second-order valence-corrected chi connectivity index (χ2v) is 3.43. The van der Waals surface area contributed by atoms with E-state index in [0.717, 1.165) is 12.1 Å². The van der Waals surface area contributed by atoms with Crippen LogP contribution in [0.3, 0.4) is 0 Å². The second-order valence-electron chi connectivity index (χ2n) is 3.43. The van der Waals surface area contributed by atoms with Crippen LogP contribution in [0.2, 0.25) is 0 Å². The van der Waals surface area contributed by atoms with E-state index >= 15 is 0 Å². The lowest BCUT2D eigenvalue weighted by Gasteiger charge is -2.11. The fourth-order valence-corrected chi connectivity index (χ4v) is 1.40. The van der Waals surface area contributed by atoms with Gasteiger partial charge in [0.25, 0.3) is 0 Å². The molecule has 0 amide bonds. The first-order valence-electron chi connectivity index (χ1n) is 4.90. The van der Waals surface area contributed by atoms with Gasteiger partial charge in [0.15, 0.2) is 23.2 Å². The summed E-state index contributed by atoms with van der Waals surface area (Å²) in [5, 5.41) is 0. The number of carbonyl (C=O) groups is 1. The summed E-state index contributed by atoms with van der Waals surface area (Å²) in [5.74, 6) is -5.55. The van der Waals surface area contributed by atoms with E-state index in [1.165, 1.54) is 0 Å². The predicted molar refractivity (Wildman–Crippen MR) is 53.5 cm³/mol. The van der Waals surface area contributed by atoms with Gasteiger partial charge in [-0.15, -0.1) is 0 Å². The Hall–Kier alpha value is -1.36. The first-order valence-corrected chi connectivity index (χ1v) is 4.90. The van der Waals surface area contributed by atoms with Gasteiger partial charge < -0.3 is 5.73 Å². The van der Waals surface area contributed by atoms with Crippen LogP contribution >= 0.6 is 0 Å². The average molecular weight is 231 g/mol. The Bertz CT molecular complexity index is 402. The number of Topliss-reactive ketones (excluding diaryl/α,β-unsaturated/α-hetero) is 1. The first-order chi connectivity index (χ1) is 7.52. The van der Waals surface area contributed by atoms with Crippen molar-refractivity contribution in [2.45, 2.75) is 13.3 Å². The van der Waals surface area contributed by atoms with Crippen molar-refractivity contribution in [2.24, 2.45) is 11.7 Å².